The first kappa shape index (κ1) is 7.38. The predicted molar refractivity (Wildman–Crippen MR) is 58.0 cm³/mol. The van der Waals surface area contributed by atoms with Crippen LogP contribution in [0.1, 0.15) is 0 Å². The molecule has 0 saturated carbocycles. The fourth-order valence-electron chi connectivity index (χ4n) is 1.77. The van der Waals surface area contributed by atoms with Gasteiger partial charge in [-0.05, 0) is 18.2 Å². The highest BCUT2D eigenvalue weighted by atomic mass is 14.9. The molecule has 2 heterocycles. The van der Waals surface area contributed by atoms with E-state index in [4.69, 9.17) is 5.73 Å². The van der Waals surface area contributed by atoms with Gasteiger partial charge in [0.15, 0.2) is 0 Å². The largest absolute Gasteiger partial charge is 0.397 e. The highest BCUT2D eigenvalue weighted by Gasteiger charge is 2.05. The molecule has 0 spiro atoms. The molecule has 0 atom stereocenters. The summed E-state index contributed by atoms with van der Waals surface area (Å²) >= 11 is 0. The molecule has 0 fully saturated rings. The lowest BCUT2D eigenvalue weighted by Gasteiger charge is -1.93. The Morgan fingerprint density at radius 2 is 1.93 bits per heavy atom. The molecule has 68 valence electrons. The second kappa shape index (κ2) is 2.48. The van der Waals surface area contributed by atoms with Gasteiger partial charge in [-0.15, -0.1) is 0 Å². The molecule has 3 rings (SSSR count). The van der Waals surface area contributed by atoms with E-state index >= 15 is 0 Å². The number of nitrogens with two attached hydrogens (primary N) is 1. The van der Waals surface area contributed by atoms with Gasteiger partial charge in [-0.25, -0.2) is 4.98 Å². The van der Waals surface area contributed by atoms with Gasteiger partial charge in [-0.3, -0.25) is 0 Å². The summed E-state index contributed by atoms with van der Waals surface area (Å²) in [6.45, 7) is 0. The highest BCUT2D eigenvalue weighted by molar-refractivity contribution is 6.09. The molecule has 0 aliphatic carbocycles. The zero-order chi connectivity index (χ0) is 9.54. The zero-order valence-corrected chi connectivity index (χ0v) is 7.49. The van der Waals surface area contributed by atoms with Gasteiger partial charge in [-0.1, -0.05) is 12.1 Å². The minimum absolute atomic E-state index is 0.764. The molecule has 0 bridgehead atoms. The maximum Gasteiger partial charge on any atom is 0.138 e. The van der Waals surface area contributed by atoms with E-state index in [1.807, 2.05) is 30.3 Å². The van der Waals surface area contributed by atoms with Crippen LogP contribution in [-0.4, -0.2) is 9.97 Å². The molecule has 0 unspecified atom stereocenters. The molecule has 3 aromatic rings. The number of hydrogen-bond donors (Lipinski definition) is 2. The highest BCUT2D eigenvalue weighted by Crippen LogP contribution is 2.27. The average molecular weight is 183 g/mol. The minimum atomic E-state index is 0.764. The third-order valence-corrected chi connectivity index (χ3v) is 2.44. The van der Waals surface area contributed by atoms with E-state index in [1.165, 1.54) is 0 Å². The van der Waals surface area contributed by atoms with E-state index in [9.17, 15) is 0 Å². The van der Waals surface area contributed by atoms with Crippen molar-refractivity contribution in [1.82, 2.24) is 9.97 Å². The number of benzene rings is 1. The quantitative estimate of drug-likeness (QED) is 0.525. The van der Waals surface area contributed by atoms with Crippen LogP contribution in [-0.2, 0) is 0 Å². The second-order valence-electron chi connectivity index (χ2n) is 3.29. The van der Waals surface area contributed by atoms with Gasteiger partial charge < -0.3 is 10.7 Å². The minimum Gasteiger partial charge on any atom is -0.397 e. The summed E-state index contributed by atoms with van der Waals surface area (Å²) < 4.78 is 0. The smallest absolute Gasteiger partial charge is 0.138 e. The topological polar surface area (TPSA) is 54.7 Å². The molecule has 0 aliphatic rings. The number of nitrogens with zero attached hydrogens (tertiary/aromatic N) is 1. The Morgan fingerprint density at radius 3 is 2.86 bits per heavy atom. The summed E-state index contributed by atoms with van der Waals surface area (Å²) in [6.07, 6.45) is 1.77. The molecule has 3 heteroatoms. The van der Waals surface area contributed by atoms with Crippen LogP contribution >= 0.6 is 0 Å². The lowest BCUT2D eigenvalue weighted by molar-refractivity contribution is 1.35. The number of para-hydroxylation sites is 1. The Labute approximate surface area is 80.6 Å². The van der Waals surface area contributed by atoms with Gasteiger partial charge in [-0.2, -0.15) is 0 Å². The fraction of sp³-hybridized carbons (Fsp3) is 0. The third kappa shape index (κ3) is 0.836. The lowest BCUT2D eigenvalue weighted by Crippen LogP contribution is -1.84. The summed E-state index contributed by atoms with van der Waals surface area (Å²) in [7, 11) is 0. The predicted octanol–water partition coefficient (Wildman–Crippen LogP) is 2.30. The van der Waals surface area contributed by atoms with Crippen LogP contribution in [0.4, 0.5) is 5.69 Å². The van der Waals surface area contributed by atoms with Crippen molar-refractivity contribution in [2.45, 2.75) is 0 Å². The summed E-state index contributed by atoms with van der Waals surface area (Å²) in [5, 5.41) is 2.25. The molecule has 3 nitrogen and oxygen atoms in total. The van der Waals surface area contributed by atoms with E-state index in [2.05, 4.69) is 9.97 Å². The van der Waals surface area contributed by atoms with Crippen LogP contribution in [0.3, 0.4) is 0 Å². The number of nitrogens with one attached hydrogen (secondary N) is 1. The standard InChI is InChI=1S/C11H9N3/c12-9-5-1-3-7-8-4-2-6-13-11(8)14-10(7)9/h1-6H,12H2,(H,13,14). The maximum atomic E-state index is 5.86. The normalized spacial score (nSPS) is 11.1. The number of pyridine rings is 1. The van der Waals surface area contributed by atoms with Crippen molar-refractivity contribution >= 4 is 27.6 Å². The Morgan fingerprint density at radius 1 is 1.07 bits per heavy atom. The van der Waals surface area contributed by atoms with E-state index < -0.39 is 0 Å². The Hall–Kier alpha value is -2.03. The van der Waals surface area contributed by atoms with Gasteiger partial charge >= 0.3 is 0 Å². The average Bonchev–Trinajstić information content (AvgIpc) is 2.59. The van der Waals surface area contributed by atoms with Gasteiger partial charge in [0.25, 0.3) is 0 Å². The number of H-pyrrole nitrogens is 1. The van der Waals surface area contributed by atoms with Crippen LogP contribution in [0, 0.1) is 0 Å². The SMILES string of the molecule is Nc1cccc2c1[nH]c1ncccc12. The molecule has 0 aliphatic heterocycles. The number of hydrogen-bond acceptors (Lipinski definition) is 2. The first-order chi connectivity index (χ1) is 6.86. The van der Waals surface area contributed by atoms with Crippen molar-refractivity contribution in [1.29, 1.82) is 0 Å². The summed E-state index contributed by atoms with van der Waals surface area (Å²) in [6, 6.07) is 9.86. The summed E-state index contributed by atoms with van der Waals surface area (Å²) in [4.78, 5) is 7.46. The number of aromatic nitrogens is 2. The lowest BCUT2D eigenvalue weighted by atomic mass is 10.2. The second-order valence-corrected chi connectivity index (χ2v) is 3.29. The van der Waals surface area contributed by atoms with Gasteiger partial charge in [0, 0.05) is 17.0 Å². The number of anilines is 1. The molecule has 0 amide bonds. The molecular formula is C11H9N3. The van der Waals surface area contributed by atoms with E-state index in [-0.39, 0.29) is 0 Å². The summed E-state index contributed by atoms with van der Waals surface area (Å²) in [5.74, 6) is 0. The van der Waals surface area contributed by atoms with Crippen LogP contribution in [0.2, 0.25) is 0 Å². The van der Waals surface area contributed by atoms with E-state index in [0.29, 0.717) is 0 Å². The van der Waals surface area contributed by atoms with Crippen molar-refractivity contribution in [2.75, 3.05) is 5.73 Å². The molecular weight excluding hydrogens is 174 g/mol. The van der Waals surface area contributed by atoms with E-state index in [1.54, 1.807) is 6.20 Å². The first-order valence-electron chi connectivity index (χ1n) is 4.47. The monoisotopic (exact) mass is 183 g/mol. The van der Waals surface area contributed by atoms with Crippen molar-refractivity contribution in [3.8, 4) is 0 Å². The molecule has 0 radical (unpaired) electrons. The van der Waals surface area contributed by atoms with Crippen LogP contribution in [0.25, 0.3) is 21.9 Å². The van der Waals surface area contributed by atoms with E-state index in [0.717, 1.165) is 27.6 Å². The van der Waals surface area contributed by atoms with Crippen LogP contribution in [0.5, 0.6) is 0 Å². The Balaban J connectivity index is 2.63. The molecule has 3 N–H and O–H groups in total. The van der Waals surface area contributed by atoms with Crippen molar-refractivity contribution in [3.63, 3.8) is 0 Å². The van der Waals surface area contributed by atoms with Gasteiger partial charge in [0.05, 0.1) is 11.2 Å². The summed E-state index contributed by atoms with van der Waals surface area (Å²) in [5.41, 5.74) is 8.49. The number of nitrogen functional groups attached to an aromatic ring is 1. The van der Waals surface area contributed by atoms with Crippen molar-refractivity contribution < 1.29 is 0 Å². The molecule has 1 aromatic carbocycles. The van der Waals surface area contributed by atoms with Gasteiger partial charge in [0.1, 0.15) is 5.65 Å². The van der Waals surface area contributed by atoms with Crippen molar-refractivity contribution in [2.24, 2.45) is 0 Å². The zero-order valence-electron chi connectivity index (χ0n) is 7.49. The molecule has 2 aromatic heterocycles. The maximum absolute atomic E-state index is 5.86. The number of rotatable bonds is 0. The van der Waals surface area contributed by atoms with Crippen LogP contribution < -0.4 is 5.73 Å². The van der Waals surface area contributed by atoms with Crippen LogP contribution in [0.15, 0.2) is 36.5 Å². The first-order valence-corrected chi connectivity index (χ1v) is 4.47. The van der Waals surface area contributed by atoms with Gasteiger partial charge in [0.2, 0.25) is 0 Å². The Kier molecular flexibility index (Phi) is 1.31. The fourth-order valence-corrected chi connectivity index (χ4v) is 1.77. The molecule has 0 saturated heterocycles. The number of aromatic amines is 1. The number of fused-ring (bicyclic) bond motifs is 3. The molecule has 14 heavy (non-hydrogen) atoms. The Bertz CT molecular complexity index is 610. The third-order valence-electron chi connectivity index (χ3n) is 2.44. The van der Waals surface area contributed by atoms with Crippen molar-refractivity contribution in [3.05, 3.63) is 36.5 Å².